The molecule has 0 aliphatic carbocycles. The zero-order valence-corrected chi connectivity index (χ0v) is 27.3. The van der Waals surface area contributed by atoms with Gasteiger partial charge >= 0.3 is 0 Å². The van der Waals surface area contributed by atoms with Gasteiger partial charge in [0, 0.05) is 55.1 Å². The average molecular weight is 641 g/mol. The number of halogens is 3. The molecule has 226 valence electrons. The Kier molecular flexibility index (Phi) is 8.98. The molecule has 4 aromatic rings. The standard InChI is InChI=1S/C33H36Cl3N5O2/c1-6-37-31(42)24-14-26-28(16-27(24)41-12-11-19-7-9-22(34)13-21(19)18-41)40(5)29(39-26)15-23-25(35)10-8-20(30(23)36)17-38-32(43)33(2,3)4/h7-10,13-14,16H,6,11-12,15,17-18H2,1-5H3,(H,37,42)(H,38,43). The molecular formula is C33H36Cl3N5O2. The van der Waals surface area contributed by atoms with Crippen molar-refractivity contribution in [1.82, 2.24) is 20.2 Å². The largest absolute Gasteiger partial charge is 0.366 e. The Hall–Kier alpha value is -3.26. The number of rotatable bonds is 7. The van der Waals surface area contributed by atoms with Crippen LogP contribution in [0.5, 0.6) is 0 Å². The van der Waals surface area contributed by atoms with Crippen molar-refractivity contribution in [2.75, 3.05) is 18.0 Å². The second-order valence-corrected chi connectivity index (χ2v) is 13.2. The van der Waals surface area contributed by atoms with Crippen molar-refractivity contribution in [3.63, 3.8) is 0 Å². The molecule has 0 bridgehead atoms. The minimum absolute atomic E-state index is 0.0607. The molecule has 3 aromatic carbocycles. The maximum atomic E-state index is 13.3. The van der Waals surface area contributed by atoms with Gasteiger partial charge in [0.25, 0.3) is 5.91 Å². The highest BCUT2D eigenvalue weighted by molar-refractivity contribution is 6.36. The Morgan fingerprint density at radius 1 is 1.00 bits per heavy atom. The molecule has 1 aromatic heterocycles. The normalized spacial score (nSPS) is 13.3. The third-order valence-corrected chi connectivity index (χ3v) is 8.98. The summed E-state index contributed by atoms with van der Waals surface area (Å²) in [5, 5.41) is 7.65. The third-order valence-electron chi connectivity index (χ3n) is 7.92. The van der Waals surface area contributed by atoms with Crippen molar-refractivity contribution in [2.45, 2.75) is 53.6 Å². The van der Waals surface area contributed by atoms with Crippen molar-refractivity contribution < 1.29 is 9.59 Å². The number of carbonyl (C=O) groups excluding carboxylic acids is 2. The molecular weight excluding hydrogens is 605 g/mol. The first-order chi connectivity index (χ1) is 20.4. The molecule has 0 fully saturated rings. The van der Waals surface area contributed by atoms with E-state index in [9.17, 15) is 9.59 Å². The summed E-state index contributed by atoms with van der Waals surface area (Å²) in [6.07, 6.45) is 1.24. The van der Waals surface area contributed by atoms with Crippen LogP contribution in [0.3, 0.4) is 0 Å². The lowest BCUT2D eigenvalue weighted by molar-refractivity contribution is -0.128. The van der Waals surface area contributed by atoms with Gasteiger partial charge in [-0.3, -0.25) is 9.59 Å². The molecule has 0 saturated carbocycles. The second-order valence-electron chi connectivity index (χ2n) is 12.0. The van der Waals surface area contributed by atoms with E-state index < -0.39 is 5.41 Å². The first-order valence-corrected chi connectivity index (χ1v) is 15.5. The van der Waals surface area contributed by atoms with E-state index in [1.165, 1.54) is 5.56 Å². The van der Waals surface area contributed by atoms with E-state index >= 15 is 0 Å². The number of nitrogens with one attached hydrogen (secondary N) is 2. The fraction of sp³-hybridized carbons (Fsp3) is 0.364. The highest BCUT2D eigenvalue weighted by Crippen LogP contribution is 2.35. The number of aromatic nitrogens is 2. The Morgan fingerprint density at radius 3 is 2.49 bits per heavy atom. The van der Waals surface area contributed by atoms with Gasteiger partial charge in [-0.1, -0.05) is 67.7 Å². The molecule has 0 spiro atoms. The Labute approximate surface area is 267 Å². The van der Waals surface area contributed by atoms with Crippen LogP contribution in [-0.2, 0) is 37.8 Å². The summed E-state index contributed by atoms with van der Waals surface area (Å²) in [7, 11) is 1.96. The molecule has 1 aliphatic rings. The Balaban J connectivity index is 1.51. The number of carbonyl (C=O) groups is 2. The van der Waals surface area contributed by atoms with Crippen LogP contribution in [0.25, 0.3) is 11.0 Å². The van der Waals surface area contributed by atoms with E-state index in [1.54, 1.807) is 6.07 Å². The number of nitrogens with zero attached hydrogens (tertiary/aromatic N) is 3. The van der Waals surface area contributed by atoms with Crippen LogP contribution in [-0.4, -0.2) is 34.5 Å². The van der Waals surface area contributed by atoms with Gasteiger partial charge in [-0.2, -0.15) is 0 Å². The van der Waals surface area contributed by atoms with Gasteiger partial charge < -0.3 is 20.1 Å². The molecule has 2 amide bonds. The highest BCUT2D eigenvalue weighted by Gasteiger charge is 2.25. The molecule has 5 rings (SSSR count). The molecule has 2 heterocycles. The van der Waals surface area contributed by atoms with Crippen LogP contribution in [0.4, 0.5) is 5.69 Å². The topological polar surface area (TPSA) is 79.3 Å². The van der Waals surface area contributed by atoms with Crippen LogP contribution in [0.2, 0.25) is 15.1 Å². The fourth-order valence-electron chi connectivity index (χ4n) is 5.41. The van der Waals surface area contributed by atoms with E-state index in [0.29, 0.717) is 52.2 Å². The van der Waals surface area contributed by atoms with Gasteiger partial charge in [0.15, 0.2) is 0 Å². The number of hydrogen-bond donors (Lipinski definition) is 2. The SMILES string of the molecule is CCNC(=O)c1cc2nc(Cc3c(Cl)ccc(CNC(=O)C(C)(C)C)c3Cl)n(C)c2cc1N1CCc2ccc(Cl)cc2C1. The lowest BCUT2D eigenvalue weighted by Crippen LogP contribution is -2.34. The second kappa shape index (κ2) is 12.4. The number of benzene rings is 3. The quantitative estimate of drug-likeness (QED) is 0.226. The average Bonchev–Trinajstić information content (AvgIpc) is 3.27. The van der Waals surface area contributed by atoms with Crippen LogP contribution >= 0.6 is 34.8 Å². The maximum absolute atomic E-state index is 13.3. The summed E-state index contributed by atoms with van der Waals surface area (Å²) >= 11 is 19.8. The van der Waals surface area contributed by atoms with Crippen molar-refractivity contribution in [3.05, 3.63) is 91.2 Å². The summed E-state index contributed by atoms with van der Waals surface area (Å²) in [5.41, 5.74) is 6.49. The zero-order valence-electron chi connectivity index (χ0n) is 25.1. The molecule has 1 aliphatic heterocycles. The van der Waals surface area contributed by atoms with Gasteiger partial charge in [0.05, 0.1) is 27.3 Å². The number of anilines is 1. The van der Waals surface area contributed by atoms with E-state index in [2.05, 4.69) is 21.6 Å². The monoisotopic (exact) mass is 639 g/mol. The van der Waals surface area contributed by atoms with E-state index in [-0.39, 0.29) is 11.8 Å². The van der Waals surface area contributed by atoms with Gasteiger partial charge in [0.1, 0.15) is 5.82 Å². The van der Waals surface area contributed by atoms with E-state index in [0.717, 1.165) is 46.7 Å². The molecule has 0 saturated heterocycles. The van der Waals surface area contributed by atoms with Crippen LogP contribution in [0.1, 0.15) is 66.1 Å². The Bertz CT molecular complexity index is 1720. The number of amides is 2. The number of aryl methyl sites for hydroxylation is 1. The van der Waals surface area contributed by atoms with Gasteiger partial charge in [-0.25, -0.2) is 4.98 Å². The predicted octanol–water partition coefficient (Wildman–Crippen LogP) is 7.10. The molecule has 43 heavy (non-hydrogen) atoms. The molecule has 0 radical (unpaired) electrons. The molecule has 2 N–H and O–H groups in total. The van der Waals surface area contributed by atoms with Crippen molar-refractivity contribution in [3.8, 4) is 0 Å². The number of imidazole rings is 1. The fourth-order valence-corrected chi connectivity index (χ4v) is 6.18. The summed E-state index contributed by atoms with van der Waals surface area (Å²) in [5.74, 6) is 0.554. The summed E-state index contributed by atoms with van der Waals surface area (Å²) in [6, 6.07) is 13.6. The van der Waals surface area contributed by atoms with Crippen molar-refractivity contribution in [2.24, 2.45) is 12.5 Å². The summed E-state index contributed by atoms with van der Waals surface area (Å²) in [4.78, 5) is 32.9. The lowest BCUT2D eigenvalue weighted by atomic mass is 9.95. The smallest absolute Gasteiger partial charge is 0.253 e. The van der Waals surface area contributed by atoms with Crippen LogP contribution in [0.15, 0.2) is 42.5 Å². The first kappa shape index (κ1) is 31.2. The molecule has 0 unspecified atom stereocenters. The third kappa shape index (κ3) is 6.49. The zero-order chi connectivity index (χ0) is 31.1. The molecule has 7 nitrogen and oxygen atoms in total. The minimum Gasteiger partial charge on any atom is -0.366 e. The summed E-state index contributed by atoms with van der Waals surface area (Å²) in [6.45, 7) is 9.76. The lowest BCUT2D eigenvalue weighted by Gasteiger charge is -2.32. The van der Waals surface area contributed by atoms with E-state index in [1.807, 2.05) is 69.6 Å². The van der Waals surface area contributed by atoms with E-state index in [4.69, 9.17) is 39.8 Å². The minimum atomic E-state index is -0.509. The predicted molar refractivity (Wildman–Crippen MR) is 175 cm³/mol. The maximum Gasteiger partial charge on any atom is 0.253 e. The molecule has 10 heteroatoms. The van der Waals surface area contributed by atoms with Gasteiger partial charge in [0.2, 0.25) is 5.91 Å². The van der Waals surface area contributed by atoms with Crippen LogP contribution in [0, 0.1) is 5.41 Å². The number of fused-ring (bicyclic) bond motifs is 2. The Morgan fingerprint density at radius 2 is 1.77 bits per heavy atom. The van der Waals surface area contributed by atoms with Crippen LogP contribution < -0.4 is 15.5 Å². The van der Waals surface area contributed by atoms with Crippen molar-refractivity contribution in [1.29, 1.82) is 0 Å². The number of hydrogen-bond acceptors (Lipinski definition) is 4. The molecule has 0 atom stereocenters. The summed E-state index contributed by atoms with van der Waals surface area (Å²) < 4.78 is 2.02. The first-order valence-electron chi connectivity index (χ1n) is 14.4. The van der Waals surface area contributed by atoms with Crippen molar-refractivity contribution >= 4 is 63.3 Å². The van der Waals surface area contributed by atoms with Gasteiger partial charge in [-0.05, 0) is 65.9 Å². The van der Waals surface area contributed by atoms with Gasteiger partial charge in [-0.15, -0.1) is 0 Å². The highest BCUT2D eigenvalue weighted by atomic mass is 35.5.